The summed E-state index contributed by atoms with van der Waals surface area (Å²) in [6.45, 7) is 8.32. The lowest BCUT2D eigenvalue weighted by molar-refractivity contribution is -0.250. The minimum atomic E-state index is -0.135. The molecule has 1 saturated heterocycles. The number of nitrogens with zero attached hydrogens (tertiary/aromatic N) is 1. The van der Waals surface area contributed by atoms with E-state index in [0.29, 0.717) is 0 Å². The molecule has 1 aliphatic rings. The highest BCUT2D eigenvalue weighted by Crippen LogP contribution is 2.41. The summed E-state index contributed by atoms with van der Waals surface area (Å²) in [5.74, 6) is 0. The van der Waals surface area contributed by atoms with Crippen LogP contribution in [-0.4, -0.2) is 16.1 Å². The van der Waals surface area contributed by atoms with Gasteiger partial charge < -0.3 is 0 Å². The van der Waals surface area contributed by atoms with Crippen LogP contribution in [0.4, 0.5) is 0 Å². The number of hydrogen-bond acceptors (Lipinski definition) is 1. The van der Waals surface area contributed by atoms with E-state index in [0.717, 1.165) is 25.7 Å². The van der Waals surface area contributed by atoms with E-state index in [1.54, 1.807) is 0 Å². The SMILES string of the molecule is CCCC1(C)CCC(C)(C)N1[O]. The fraction of sp³-hybridized carbons (Fsp3) is 1.00. The zero-order chi connectivity index (χ0) is 9.41. The summed E-state index contributed by atoms with van der Waals surface area (Å²) >= 11 is 0. The van der Waals surface area contributed by atoms with E-state index in [1.165, 1.54) is 5.06 Å². The summed E-state index contributed by atoms with van der Waals surface area (Å²) in [5, 5.41) is 13.2. The molecule has 1 atom stereocenters. The molecule has 71 valence electrons. The van der Waals surface area contributed by atoms with Gasteiger partial charge in [0.15, 0.2) is 0 Å². The number of rotatable bonds is 2. The molecular weight excluding hydrogens is 150 g/mol. The van der Waals surface area contributed by atoms with Gasteiger partial charge in [-0.15, -0.1) is 10.3 Å². The predicted octanol–water partition coefficient (Wildman–Crippen LogP) is 2.77. The van der Waals surface area contributed by atoms with Crippen LogP contribution >= 0.6 is 0 Å². The average Bonchev–Trinajstić information content (AvgIpc) is 2.17. The molecular formula is C10H20NO. The Bertz CT molecular complexity index is 167. The first-order valence-corrected chi connectivity index (χ1v) is 4.90. The molecule has 0 aliphatic carbocycles. The summed E-state index contributed by atoms with van der Waals surface area (Å²) < 4.78 is 0. The highest BCUT2D eigenvalue weighted by atomic mass is 16.5. The van der Waals surface area contributed by atoms with E-state index in [4.69, 9.17) is 0 Å². The molecule has 0 amide bonds. The Balaban J connectivity index is 2.71. The van der Waals surface area contributed by atoms with Gasteiger partial charge in [-0.05, 0) is 40.0 Å². The van der Waals surface area contributed by atoms with Crippen molar-refractivity contribution in [2.24, 2.45) is 0 Å². The van der Waals surface area contributed by atoms with E-state index in [-0.39, 0.29) is 11.1 Å². The molecule has 0 aromatic heterocycles. The van der Waals surface area contributed by atoms with Crippen molar-refractivity contribution in [2.45, 2.75) is 64.5 Å². The lowest BCUT2D eigenvalue weighted by Crippen LogP contribution is -2.46. The van der Waals surface area contributed by atoms with Crippen LogP contribution in [-0.2, 0) is 5.21 Å². The van der Waals surface area contributed by atoms with E-state index in [9.17, 15) is 5.21 Å². The van der Waals surface area contributed by atoms with Crippen molar-refractivity contribution in [2.75, 3.05) is 0 Å². The maximum atomic E-state index is 11.9. The second kappa shape index (κ2) is 3.00. The molecule has 2 nitrogen and oxygen atoms in total. The quantitative estimate of drug-likeness (QED) is 0.625. The molecule has 1 rings (SSSR count). The Morgan fingerprint density at radius 2 is 1.83 bits per heavy atom. The molecule has 12 heavy (non-hydrogen) atoms. The van der Waals surface area contributed by atoms with Gasteiger partial charge in [0.05, 0.1) is 0 Å². The molecule has 2 heteroatoms. The number of hydroxylamine groups is 2. The van der Waals surface area contributed by atoms with Gasteiger partial charge in [0.2, 0.25) is 0 Å². The van der Waals surface area contributed by atoms with Gasteiger partial charge in [0, 0.05) is 11.1 Å². The van der Waals surface area contributed by atoms with Gasteiger partial charge in [0.25, 0.3) is 0 Å². The van der Waals surface area contributed by atoms with Gasteiger partial charge in [-0.1, -0.05) is 13.3 Å². The van der Waals surface area contributed by atoms with Crippen LogP contribution in [0.3, 0.4) is 0 Å². The molecule has 0 aromatic rings. The van der Waals surface area contributed by atoms with Crippen LogP contribution < -0.4 is 0 Å². The third-order valence-electron chi connectivity index (χ3n) is 3.10. The van der Waals surface area contributed by atoms with Crippen molar-refractivity contribution < 1.29 is 5.21 Å². The molecule has 0 spiro atoms. The maximum Gasteiger partial charge on any atom is 0.0472 e. The fourth-order valence-electron chi connectivity index (χ4n) is 2.27. The normalized spacial score (nSPS) is 35.8. The molecule has 1 heterocycles. The van der Waals surface area contributed by atoms with Crippen molar-refractivity contribution in [3.05, 3.63) is 0 Å². The summed E-state index contributed by atoms with van der Waals surface area (Å²) in [7, 11) is 0. The van der Waals surface area contributed by atoms with Crippen molar-refractivity contribution in [3.63, 3.8) is 0 Å². The van der Waals surface area contributed by atoms with Gasteiger partial charge in [-0.2, -0.15) is 0 Å². The summed E-state index contributed by atoms with van der Waals surface area (Å²) in [4.78, 5) is 0. The molecule has 0 aromatic carbocycles. The molecule has 1 fully saturated rings. The first-order chi connectivity index (χ1) is 5.42. The number of hydrogen-bond donors (Lipinski definition) is 0. The molecule has 0 N–H and O–H groups in total. The first-order valence-electron chi connectivity index (χ1n) is 4.90. The Hall–Kier alpha value is -0.0800. The lowest BCUT2D eigenvalue weighted by Gasteiger charge is -2.34. The van der Waals surface area contributed by atoms with Crippen LogP contribution in [0.5, 0.6) is 0 Å². The third-order valence-corrected chi connectivity index (χ3v) is 3.10. The predicted molar refractivity (Wildman–Crippen MR) is 49.2 cm³/mol. The zero-order valence-electron chi connectivity index (χ0n) is 8.68. The average molecular weight is 170 g/mol. The first kappa shape index (κ1) is 10.0. The van der Waals surface area contributed by atoms with Gasteiger partial charge in [-0.3, -0.25) is 0 Å². The minimum Gasteiger partial charge on any atom is -0.144 e. The van der Waals surface area contributed by atoms with Crippen LogP contribution in [0.1, 0.15) is 53.4 Å². The van der Waals surface area contributed by atoms with E-state index >= 15 is 0 Å². The standard InChI is InChI=1S/C10H20NO/c1-5-6-10(4)8-7-9(2,3)11(10)12/h5-8H2,1-4H3. The van der Waals surface area contributed by atoms with E-state index in [1.807, 2.05) is 13.8 Å². The second-order valence-corrected chi connectivity index (χ2v) is 4.85. The fourth-order valence-corrected chi connectivity index (χ4v) is 2.27. The monoisotopic (exact) mass is 170 g/mol. The third kappa shape index (κ3) is 1.50. The minimum absolute atomic E-state index is 0.0851. The van der Waals surface area contributed by atoms with Crippen molar-refractivity contribution in [3.8, 4) is 0 Å². The molecule has 1 radical (unpaired) electrons. The Kier molecular flexibility index (Phi) is 2.50. The molecule has 0 bridgehead atoms. The van der Waals surface area contributed by atoms with Crippen LogP contribution in [0.25, 0.3) is 0 Å². The lowest BCUT2D eigenvalue weighted by atomic mass is 9.94. The van der Waals surface area contributed by atoms with Crippen molar-refractivity contribution in [1.29, 1.82) is 0 Å². The highest BCUT2D eigenvalue weighted by Gasteiger charge is 2.47. The molecule has 1 aliphatic heterocycles. The topological polar surface area (TPSA) is 23.1 Å². The van der Waals surface area contributed by atoms with Crippen LogP contribution in [0.15, 0.2) is 0 Å². The van der Waals surface area contributed by atoms with Crippen molar-refractivity contribution in [1.82, 2.24) is 5.06 Å². The van der Waals surface area contributed by atoms with E-state index in [2.05, 4.69) is 13.8 Å². The summed E-state index contributed by atoms with van der Waals surface area (Å²) in [6.07, 6.45) is 4.22. The van der Waals surface area contributed by atoms with Crippen LogP contribution in [0.2, 0.25) is 0 Å². The Morgan fingerprint density at radius 3 is 2.17 bits per heavy atom. The second-order valence-electron chi connectivity index (χ2n) is 4.85. The molecule has 0 saturated carbocycles. The Morgan fingerprint density at radius 1 is 1.25 bits per heavy atom. The van der Waals surface area contributed by atoms with Gasteiger partial charge in [0.1, 0.15) is 0 Å². The smallest absolute Gasteiger partial charge is 0.0472 e. The maximum absolute atomic E-state index is 11.9. The summed E-state index contributed by atoms with van der Waals surface area (Å²) in [5.41, 5.74) is -0.220. The largest absolute Gasteiger partial charge is 0.144 e. The summed E-state index contributed by atoms with van der Waals surface area (Å²) in [6, 6.07) is 0. The van der Waals surface area contributed by atoms with Crippen molar-refractivity contribution >= 4 is 0 Å². The Labute approximate surface area is 75.5 Å². The van der Waals surface area contributed by atoms with E-state index < -0.39 is 0 Å². The zero-order valence-corrected chi connectivity index (χ0v) is 8.68. The van der Waals surface area contributed by atoms with Gasteiger partial charge in [-0.25, -0.2) is 0 Å². The van der Waals surface area contributed by atoms with Gasteiger partial charge >= 0.3 is 0 Å². The molecule has 1 unspecified atom stereocenters. The highest BCUT2D eigenvalue weighted by molar-refractivity contribution is 4.97. The van der Waals surface area contributed by atoms with Crippen LogP contribution in [0, 0.1) is 0 Å².